The maximum Gasteiger partial charge on any atom is 0.242 e. The van der Waals surface area contributed by atoms with Crippen LogP contribution in [0, 0.1) is 0 Å². The van der Waals surface area contributed by atoms with Gasteiger partial charge in [0.05, 0.1) is 10.6 Å². The number of sulfonamides is 1. The summed E-state index contributed by atoms with van der Waals surface area (Å²) in [5.41, 5.74) is 4.82. The molecular weight excluding hydrogens is 278 g/mol. The van der Waals surface area contributed by atoms with Gasteiger partial charge < -0.3 is 10.5 Å². The third kappa shape index (κ3) is 3.81. The quantitative estimate of drug-likeness (QED) is 0.845. The summed E-state index contributed by atoms with van der Waals surface area (Å²) in [5.74, 6) is 0.0906. The third-order valence-electron chi connectivity index (χ3n) is 2.40. The van der Waals surface area contributed by atoms with Crippen LogP contribution in [0.1, 0.15) is 13.8 Å². The summed E-state index contributed by atoms with van der Waals surface area (Å²) in [6.07, 6.45) is 1.16. The second-order valence-electron chi connectivity index (χ2n) is 4.33. The van der Waals surface area contributed by atoms with E-state index >= 15 is 0 Å². The van der Waals surface area contributed by atoms with Crippen molar-refractivity contribution in [3.8, 4) is 0 Å². The second kappa shape index (κ2) is 5.40. The van der Waals surface area contributed by atoms with E-state index in [9.17, 15) is 8.42 Å². The highest BCUT2D eigenvalue weighted by Gasteiger charge is 2.22. The Morgan fingerprint density at radius 2 is 2.17 bits per heavy atom. The molecule has 6 nitrogen and oxygen atoms in total. The number of nitrogens with zero attached hydrogens (tertiary/aromatic N) is 1. The number of nitrogens with one attached hydrogen (secondary N) is 1. The van der Waals surface area contributed by atoms with Crippen molar-refractivity contribution in [1.82, 2.24) is 9.71 Å². The lowest BCUT2D eigenvalue weighted by Crippen LogP contribution is -2.39. The summed E-state index contributed by atoms with van der Waals surface area (Å²) in [7, 11) is -2.17. The van der Waals surface area contributed by atoms with E-state index in [0.29, 0.717) is 0 Å². The largest absolute Gasteiger partial charge is 0.382 e. The SMILES string of the molecule is COC(C)(C)CNS(=O)(=O)c1cnc(N)c(Cl)c1. The van der Waals surface area contributed by atoms with Crippen molar-refractivity contribution in [1.29, 1.82) is 0 Å². The third-order valence-corrected chi connectivity index (χ3v) is 4.07. The van der Waals surface area contributed by atoms with Crippen LogP contribution in [0.15, 0.2) is 17.2 Å². The van der Waals surface area contributed by atoms with Crippen molar-refractivity contribution in [2.24, 2.45) is 0 Å². The molecule has 0 aliphatic carbocycles. The lowest BCUT2D eigenvalue weighted by Gasteiger charge is -2.23. The monoisotopic (exact) mass is 293 g/mol. The molecule has 1 rings (SSSR count). The van der Waals surface area contributed by atoms with Crippen LogP contribution in [0.25, 0.3) is 0 Å². The Morgan fingerprint density at radius 3 is 2.67 bits per heavy atom. The summed E-state index contributed by atoms with van der Waals surface area (Å²) in [5, 5.41) is 0.101. The van der Waals surface area contributed by atoms with E-state index in [1.807, 2.05) is 0 Å². The van der Waals surface area contributed by atoms with Gasteiger partial charge in [-0.2, -0.15) is 0 Å². The average Bonchev–Trinajstić information content (AvgIpc) is 2.30. The van der Waals surface area contributed by atoms with E-state index in [0.717, 1.165) is 6.20 Å². The first-order valence-corrected chi connectivity index (χ1v) is 7.00. The molecule has 1 aromatic rings. The molecule has 0 unspecified atom stereocenters. The average molecular weight is 294 g/mol. The van der Waals surface area contributed by atoms with E-state index in [1.165, 1.54) is 13.2 Å². The molecule has 0 saturated carbocycles. The highest BCUT2D eigenvalue weighted by molar-refractivity contribution is 7.89. The maximum absolute atomic E-state index is 12.0. The van der Waals surface area contributed by atoms with Gasteiger partial charge in [0.1, 0.15) is 10.7 Å². The number of ether oxygens (including phenoxy) is 1. The van der Waals surface area contributed by atoms with Crippen LogP contribution in [-0.2, 0) is 14.8 Å². The molecular formula is C10H16ClN3O3S. The molecule has 0 aromatic carbocycles. The van der Waals surface area contributed by atoms with E-state index < -0.39 is 15.6 Å². The predicted octanol–water partition coefficient (Wildman–Crippen LogP) is 1.02. The van der Waals surface area contributed by atoms with Crippen LogP contribution in [-0.4, -0.2) is 32.7 Å². The molecule has 0 aliphatic rings. The molecule has 18 heavy (non-hydrogen) atoms. The van der Waals surface area contributed by atoms with Gasteiger partial charge in [-0.05, 0) is 19.9 Å². The van der Waals surface area contributed by atoms with Gasteiger partial charge in [0.2, 0.25) is 10.0 Å². The Kier molecular flexibility index (Phi) is 4.55. The van der Waals surface area contributed by atoms with E-state index in [-0.39, 0.29) is 22.3 Å². The van der Waals surface area contributed by atoms with Gasteiger partial charge in [0.25, 0.3) is 0 Å². The van der Waals surface area contributed by atoms with Crippen molar-refractivity contribution >= 4 is 27.4 Å². The van der Waals surface area contributed by atoms with Gasteiger partial charge in [0.15, 0.2) is 0 Å². The zero-order chi connectivity index (χ0) is 14.0. The molecule has 0 atom stereocenters. The van der Waals surface area contributed by atoms with Crippen LogP contribution in [0.5, 0.6) is 0 Å². The first-order chi connectivity index (χ1) is 8.18. The minimum absolute atomic E-state index is 0.0337. The molecule has 102 valence electrons. The van der Waals surface area contributed by atoms with Gasteiger partial charge in [0, 0.05) is 19.9 Å². The Bertz CT molecular complexity index is 531. The lowest BCUT2D eigenvalue weighted by atomic mass is 10.1. The fourth-order valence-corrected chi connectivity index (χ4v) is 2.40. The van der Waals surface area contributed by atoms with Crippen LogP contribution in [0.2, 0.25) is 5.02 Å². The normalized spacial score (nSPS) is 12.7. The van der Waals surface area contributed by atoms with Crippen LogP contribution >= 0.6 is 11.6 Å². The van der Waals surface area contributed by atoms with Gasteiger partial charge >= 0.3 is 0 Å². The van der Waals surface area contributed by atoms with E-state index in [2.05, 4.69) is 9.71 Å². The maximum atomic E-state index is 12.0. The number of halogens is 1. The number of hydrogen-bond acceptors (Lipinski definition) is 5. The first-order valence-electron chi connectivity index (χ1n) is 5.14. The Hall–Kier alpha value is -0.890. The molecule has 1 aromatic heterocycles. The zero-order valence-corrected chi connectivity index (χ0v) is 12.0. The van der Waals surface area contributed by atoms with Crippen molar-refractivity contribution in [3.05, 3.63) is 17.3 Å². The smallest absolute Gasteiger partial charge is 0.242 e. The molecule has 0 spiro atoms. The van der Waals surface area contributed by atoms with Gasteiger partial charge in [-0.3, -0.25) is 0 Å². The molecule has 0 fully saturated rings. The van der Waals surface area contributed by atoms with E-state index in [1.54, 1.807) is 13.8 Å². The number of aromatic nitrogens is 1. The summed E-state index contributed by atoms with van der Waals surface area (Å²) in [4.78, 5) is 3.67. The molecule has 0 aliphatic heterocycles. The summed E-state index contributed by atoms with van der Waals surface area (Å²) in [6, 6.07) is 1.26. The molecule has 3 N–H and O–H groups in total. The summed E-state index contributed by atoms with van der Waals surface area (Å²) in [6.45, 7) is 3.67. The molecule has 0 saturated heterocycles. The first kappa shape index (κ1) is 15.2. The number of anilines is 1. The van der Waals surface area contributed by atoms with Crippen LogP contribution in [0.4, 0.5) is 5.82 Å². The number of rotatable bonds is 5. The highest BCUT2D eigenvalue weighted by Crippen LogP contribution is 2.20. The Labute approximate surface area is 112 Å². The standard InChI is InChI=1S/C10H16ClN3O3S/c1-10(2,17-3)6-14-18(15,16)7-4-8(11)9(12)13-5-7/h4-5,14H,6H2,1-3H3,(H2,12,13). The van der Waals surface area contributed by atoms with Gasteiger partial charge in [-0.15, -0.1) is 0 Å². The van der Waals surface area contributed by atoms with Gasteiger partial charge in [-0.25, -0.2) is 18.1 Å². The molecule has 0 radical (unpaired) electrons. The molecule has 0 bridgehead atoms. The van der Waals surface area contributed by atoms with Gasteiger partial charge in [-0.1, -0.05) is 11.6 Å². The molecule has 0 amide bonds. The lowest BCUT2D eigenvalue weighted by molar-refractivity contribution is 0.0276. The number of hydrogen-bond donors (Lipinski definition) is 2. The Morgan fingerprint density at radius 1 is 1.56 bits per heavy atom. The molecule has 1 heterocycles. The van der Waals surface area contributed by atoms with Crippen molar-refractivity contribution in [2.75, 3.05) is 19.4 Å². The van der Waals surface area contributed by atoms with E-state index in [4.69, 9.17) is 22.1 Å². The molecule has 8 heteroatoms. The summed E-state index contributed by atoms with van der Waals surface area (Å²) < 4.78 is 31.4. The Balaban J connectivity index is 2.90. The summed E-state index contributed by atoms with van der Waals surface area (Å²) >= 11 is 5.73. The van der Waals surface area contributed by atoms with Crippen molar-refractivity contribution < 1.29 is 13.2 Å². The fraction of sp³-hybridized carbons (Fsp3) is 0.500. The van der Waals surface area contributed by atoms with Crippen molar-refractivity contribution in [3.63, 3.8) is 0 Å². The van der Waals surface area contributed by atoms with Crippen LogP contribution in [0.3, 0.4) is 0 Å². The number of nitrogens with two attached hydrogens (primary N) is 1. The van der Waals surface area contributed by atoms with Crippen LogP contribution < -0.4 is 10.5 Å². The topological polar surface area (TPSA) is 94.3 Å². The predicted molar refractivity (Wildman–Crippen MR) is 69.9 cm³/mol. The number of methoxy groups -OCH3 is 1. The number of nitrogen functional groups attached to an aromatic ring is 1. The van der Waals surface area contributed by atoms with Crippen molar-refractivity contribution in [2.45, 2.75) is 24.3 Å². The second-order valence-corrected chi connectivity index (χ2v) is 6.50. The zero-order valence-electron chi connectivity index (χ0n) is 10.4. The highest BCUT2D eigenvalue weighted by atomic mass is 35.5. The number of pyridine rings is 1. The fourth-order valence-electron chi connectivity index (χ4n) is 1.00. The minimum Gasteiger partial charge on any atom is -0.382 e. The minimum atomic E-state index is -3.68.